The molecule has 0 spiro atoms. The predicted octanol–water partition coefficient (Wildman–Crippen LogP) is 2.59. The van der Waals surface area contributed by atoms with Gasteiger partial charge in [0.1, 0.15) is 0 Å². The highest BCUT2D eigenvalue weighted by molar-refractivity contribution is 5.82. The Hall–Kier alpha value is -1.45. The lowest BCUT2D eigenvalue weighted by molar-refractivity contribution is 0.0668. The van der Waals surface area contributed by atoms with Crippen LogP contribution in [0.3, 0.4) is 0 Å². The molecular weight excluding hydrogens is 224 g/mol. The van der Waals surface area contributed by atoms with E-state index in [1.807, 2.05) is 6.20 Å². The zero-order valence-corrected chi connectivity index (χ0v) is 10.6. The van der Waals surface area contributed by atoms with Crippen molar-refractivity contribution in [2.75, 3.05) is 19.7 Å². The second-order valence-electron chi connectivity index (χ2n) is 4.83. The van der Waals surface area contributed by atoms with Crippen LogP contribution in [0.5, 0.6) is 0 Å². The molecule has 1 aliphatic rings. The maximum Gasteiger partial charge on any atom is 0.0964 e. The minimum Gasteiger partial charge on any atom is -0.372 e. The molecule has 0 amide bonds. The van der Waals surface area contributed by atoms with Gasteiger partial charge in [0.2, 0.25) is 0 Å². The molecule has 1 aliphatic heterocycles. The monoisotopic (exact) mass is 242 g/mol. The van der Waals surface area contributed by atoms with Crippen molar-refractivity contribution in [3.63, 3.8) is 0 Å². The number of pyridine rings is 1. The van der Waals surface area contributed by atoms with Crippen molar-refractivity contribution in [2.24, 2.45) is 0 Å². The minimum atomic E-state index is 0.130. The normalized spacial score (nSPS) is 20.8. The minimum absolute atomic E-state index is 0.130. The van der Waals surface area contributed by atoms with Crippen LogP contribution in [0.15, 0.2) is 30.5 Å². The molecule has 0 radical (unpaired) electrons. The Bertz CT molecular complexity index is 545. The van der Waals surface area contributed by atoms with Gasteiger partial charge >= 0.3 is 0 Å². The summed E-state index contributed by atoms with van der Waals surface area (Å²) in [5, 5.41) is 4.60. The van der Waals surface area contributed by atoms with Crippen molar-refractivity contribution in [2.45, 2.75) is 19.4 Å². The summed E-state index contributed by atoms with van der Waals surface area (Å²) in [6.45, 7) is 4.83. The summed E-state index contributed by atoms with van der Waals surface area (Å²) in [4.78, 5) is 4.58. The molecule has 1 atom stereocenters. The summed E-state index contributed by atoms with van der Waals surface area (Å²) in [6, 6.07) is 8.49. The molecule has 1 N–H and O–H groups in total. The van der Waals surface area contributed by atoms with Crippen molar-refractivity contribution in [3.05, 3.63) is 41.6 Å². The molecule has 0 bridgehead atoms. The van der Waals surface area contributed by atoms with Crippen LogP contribution in [-0.4, -0.2) is 24.7 Å². The smallest absolute Gasteiger partial charge is 0.0964 e. The van der Waals surface area contributed by atoms with E-state index in [1.54, 1.807) is 0 Å². The molecular formula is C15H18N2O. The molecule has 0 aliphatic carbocycles. The topological polar surface area (TPSA) is 34.1 Å². The van der Waals surface area contributed by atoms with Gasteiger partial charge in [-0.15, -0.1) is 0 Å². The number of hydrogen-bond donors (Lipinski definition) is 1. The van der Waals surface area contributed by atoms with E-state index in [4.69, 9.17) is 4.74 Å². The Balaban J connectivity index is 1.97. The quantitative estimate of drug-likeness (QED) is 0.834. The van der Waals surface area contributed by atoms with Crippen LogP contribution in [0.25, 0.3) is 10.9 Å². The molecule has 1 fully saturated rings. The lowest BCUT2D eigenvalue weighted by atomic mass is 10.1. The average Bonchev–Trinajstić information content (AvgIpc) is 2.67. The van der Waals surface area contributed by atoms with Gasteiger partial charge in [-0.2, -0.15) is 0 Å². The van der Waals surface area contributed by atoms with Crippen molar-refractivity contribution in [1.82, 2.24) is 10.3 Å². The molecule has 18 heavy (non-hydrogen) atoms. The van der Waals surface area contributed by atoms with E-state index in [2.05, 4.69) is 41.5 Å². The van der Waals surface area contributed by atoms with Crippen molar-refractivity contribution in [3.8, 4) is 0 Å². The number of fused-ring (bicyclic) bond motifs is 1. The van der Waals surface area contributed by atoms with Crippen LogP contribution in [0.1, 0.15) is 23.7 Å². The van der Waals surface area contributed by atoms with Crippen LogP contribution in [0, 0.1) is 6.92 Å². The Morgan fingerprint density at radius 2 is 2.33 bits per heavy atom. The summed E-state index contributed by atoms with van der Waals surface area (Å²) in [5.74, 6) is 0. The standard InChI is InChI=1S/C15H18N2O/c1-11-4-2-5-12-8-13(9-17-15(11)12)14-10-16-6-3-7-18-14/h2,4-5,8-9,14,16H,3,6-7,10H2,1H3. The van der Waals surface area contributed by atoms with E-state index in [1.165, 1.54) is 16.5 Å². The summed E-state index contributed by atoms with van der Waals surface area (Å²) in [7, 11) is 0. The molecule has 3 heteroatoms. The van der Waals surface area contributed by atoms with Crippen LogP contribution in [0.4, 0.5) is 0 Å². The summed E-state index contributed by atoms with van der Waals surface area (Å²) < 4.78 is 5.87. The van der Waals surface area contributed by atoms with Crippen molar-refractivity contribution < 1.29 is 4.74 Å². The van der Waals surface area contributed by atoms with E-state index in [9.17, 15) is 0 Å². The fourth-order valence-electron chi connectivity index (χ4n) is 2.44. The van der Waals surface area contributed by atoms with Gasteiger partial charge in [-0.1, -0.05) is 18.2 Å². The molecule has 2 aromatic rings. The van der Waals surface area contributed by atoms with Crippen LogP contribution in [-0.2, 0) is 4.74 Å². The van der Waals surface area contributed by atoms with E-state index in [-0.39, 0.29) is 6.10 Å². The fourth-order valence-corrected chi connectivity index (χ4v) is 2.44. The molecule has 1 saturated heterocycles. The van der Waals surface area contributed by atoms with E-state index in [0.717, 1.165) is 31.6 Å². The first-order valence-corrected chi connectivity index (χ1v) is 6.52. The fraction of sp³-hybridized carbons (Fsp3) is 0.400. The molecule has 1 aromatic carbocycles. The van der Waals surface area contributed by atoms with Gasteiger partial charge in [-0.3, -0.25) is 4.98 Å². The van der Waals surface area contributed by atoms with Gasteiger partial charge in [-0.05, 0) is 31.5 Å². The maximum absolute atomic E-state index is 5.87. The van der Waals surface area contributed by atoms with Crippen LogP contribution < -0.4 is 5.32 Å². The second kappa shape index (κ2) is 5.04. The highest BCUT2D eigenvalue weighted by Crippen LogP contribution is 2.23. The molecule has 2 heterocycles. The Kier molecular flexibility index (Phi) is 3.26. The van der Waals surface area contributed by atoms with Gasteiger partial charge in [0.15, 0.2) is 0 Å². The lowest BCUT2D eigenvalue weighted by Gasteiger charge is -2.15. The average molecular weight is 242 g/mol. The number of hydrogen-bond acceptors (Lipinski definition) is 3. The Morgan fingerprint density at radius 3 is 3.28 bits per heavy atom. The van der Waals surface area contributed by atoms with E-state index < -0.39 is 0 Å². The van der Waals surface area contributed by atoms with Gasteiger partial charge < -0.3 is 10.1 Å². The zero-order valence-electron chi connectivity index (χ0n) is 10.6. The molecule has 0 saturated carbocycles. The number of rotatable bonds is 1. The maximum atomic E-state index is 5.87. The zero-order chi connectivity index (χ0) is 12.4. The lowest BCUT2D eigenvalue weighted by Crippen LogP contribution is -2.20. The van der Waals surface area contributed by atoms with Gasteiger partial charge in [0.25, 0.3) is 0 Å². The number of benzene rings is 1. The number of aryl methyl sites for hydroxylation is 1. The van der Waals surface area contributed by atoms with Gasteiger partial charge in [0, 0.05) is 30.3 Å². The summed E-state index contributed by atoms with van der Waals surface area (Å²) in [5.41, 5.74) is 3.48. The van der Waals surface area contributed by atoms with Crippen molar-refractivity contribution >= 4 is 10.9 Å². The molecule has 3 rings (SSSR count). The third-order valence-corrected chi connectivity index (χ3v) is 3.45. The van der Waals surface area contributed by atoms with Crippen LogP contribution in [0.2, 0.25) is 0 Å². The number of nitrogens with zero attached hydrogens (tertiary/aromatic N) is 1. The Labute approximate surface area is 107 Å². The number of ether oxygens (including phenoxy) is 1. The van der Waals surface area contributed by atoms with E-state index >= 15 is 0 Å². The Morgan fingerprint density at radius 1 is 1.39 bits per heavy atom. The highest BCUT2D eigenvalue weighted by atomic mass is 16.5. The summed E-state index contributed by atoms with van der Waals surface area (Å²) in [6.07, 6.45) is 3.16. The first-order chi connectivity index (χ1) is 8.84. The van der Waals surface area contributed by atoms with Gasteiger partial charge in [0.05, 0.1) is 11.6 Å². The molecule has 3 nitrogen and oxygen atoms in total. The first-order valence-electron chi connectivity index (χ1n) is 6.52. The van der Waals surface area contributed by atoms with Crippen LogP contribution >= 0.6 is 0 Å². The second-order valence-corrected chi connectivity index (χ2v) is 4.83. The third-order valence-electron chi connectivity index (χ3n) is 3.45. The molecule has 1 unspecified atom stereocenters. The SMILES string of the molecule is Cc1cccc2cc(C3CNCCCO3)cnc12. The van der Waals surface area contributed by atoms with E-state index in [0.29, 0.717) is 0 Å². The van der Waals surface area contributed by atoms with Crippen molar-refractivity contribution in [1.29, 1.82) is 0 Å². The van der Waals surface area contributed by atoms with Gasteiger partial charge in [-0.25, -0.2) is 0 Å². The first kappa shape index (κ1) is 11.6. The largest absolute Gasteiger partial charge is 0.372 e. The number of nitrogens with one attached hydrogen (secondary N) is 1. The summed E-state index contributed by atoms with van der Waals surface area (Å²) >= 11 is 0. The number of para-hydroxylation sites is 1. The third kappa shape index (κ3) is 2.24. The molecule has 94 valence electrons. The highest BCUT2D eigenvalue weighted by Gasteiger charge is 2.15. The predicted molar refractivity (Wildman–Crippen MR) is 72.7 cm³/mol. The number of aromatic nitrogens is 1. The molecule has 1 aromatic heterocycles.